The average Bonchev–Trinajstić information content (AvgIpc) is 2.66. The maximum Gasteiger partial charge on any atom is 0.255 e. The van der Waals surface area contributed by atoms with Gasteiger partial charge in [0.05, 0.1) is 5.56 Å². The lowest BCUT2D eigenvalue weighted by Crippen LogP contribution is -2.57. The van der Waals surface area contributed by atoms with E-state index in [1.165, 1.54) is 6.07 Å². The van der Waals surface area contributed by atoms with Gasteiger partial charge in [-0.05, 0) is 42.4 Å². The van der Waals surface area contributed by atoms with Gasteiger partial charge in [0.2, 0.25) is 5.78 Å². The van der Waals surface area contributed by atoms with Crippen molar-refractivity contribution in [3.05, 3.63) is 51.5 Å². The fourth-order valence-electron chi connectivity index (χ4n) is 5.19. The zero-order chi connectivity index (χ0) is 22.0. The molecule has 0 bridgehead atoms. The molecule has 3 aliphatic rings. The first-order valence-electron chi connectivity index (χ1n) is 9.93. The first-order valence-corrected chi connectivity index (χ1v) is 9.93. The molecule has 0 aromatic heterocycles. The van der Waals surface area contributed by atoms with E-state index in [-0.39, 0.29) is 29.7 Å². The van der Waals surface area contributed by atoms with E-state index in [2.05, 4.69) is 0 Å². The Hall–Kier alpha value is -3.13. The van der Waals surface area contributed by atoms with Gasteiger partial charge in [0, 0.05) is 17.9 Å². The van der Waals surface area contributed by atoms with Crippen LogP contribution in [0.1, 0.15) is 47.7 Å². The fourth-order valence-corrected chi connectivity index (χ4v) is 5.19. The van der Waals surface area contributed by atoms with Crippen molar-refractivity contribution in [2.75, 3.05) is 0 Å². The molecule has 0 spiro atoms. The molecule has 0 saturated carbocycles. The third kappa shape index (κ3) is 2.53. The molecule has 0 unspecified atom stereocenters. The lowest BCUT2D eigenvalue weighted by molar-refractivity contribution is -0.144. The summed E-state index contributed by atoms with van der Waals surface area (Å²) in [6.07, 6.45) is 1.82. The maximum absolute atomic E-state index is 13.3. The van der Waals surface area contributed by atoms with Gasteiger partial charge in [0.15, 0.2) is 11.4 Å². The van der Waals surface area contributed by atoms with Gasteiger partial charge in [-0.3, -0.25) is 14.4 Å². The number of rotatable bonds is 3. The molecule has 1 aromatic carbocycles. The smallest absolute Gasteiger partial charge is 0.255 e. The Labute approximate surface area is 172 Å². The summed E-state index contributed by atoms with van der Waals surface area (Å²) in [6.45, 7) is 2.00. The topological polar surface area (TPSA) is 158 Å². The number of hydrogen-bond donors (Lipinski definition) is 5. The van der Waals surface area contributed by atoms with Gasteiger partial charge >= 0.3 is 0 Å². The Bertz CT molecular complexity index is 1070. The Morgan fingerprint density at radius 3 is 2.53 bits per heavy atom. The number of allylic oxidation sites excluding steroid dienone is 2. The highest BCUT2D eigenvalue weighted by Gasteiger charge is 2.59. The molecule has 0 radical (unpaired) electrons. The van der Waals surface area contributed by atoms with Crippen LogP contribution >= 0.6 is 0 Å². The zero-order valence-electron chi connectivity index (χ0n) is 16.4. The Kier molecular flexibility index (Phi) is 4.50. The maximum atomic E-state index is 13.3. The van der Waals surface area contributed by atoms with Gasteiger partial charge in [-0.1, -0.05) is 19.4 Å². The predicted molar refractivity (Wildman–Crippen MR) is 105 cm³/mol. The van der Waals surface area contributed by atoms with Gasteiger partial charge in [0.25, 0.3) is 5.91 Å². The third-order valence-corrected chi connectivity index (χ3v) is 6.56. The van der Waals surface area contributed by atoms with Crippen molar-refractivity contribution in [2.24, 2.45) is 17.6 Å². The van der Waals surface area contributed by atoms with Crippen molar-refractivity contribution >= 4 is 17.5 Å². The molecule has 0 fully saturated rings. The first kappa shape index (κ1) is 20.2. The number of aryl methyl sites for hydroxylation is 1. The number of primary amides is 1. The quantitative estimate of drug-likeness (QED) is 0.470. The summed E-state index contributed by atoms with van der Waals surface area (Å²) in [5, 5.41) is 42.6. The minimum Gasteiger partial charge on any atom is -0.511 e. The monoisotopic (exact) mass is 413 g/mol. The largest absolute Gasteiger partial charge is 0.511 e. The molecule has 3 aliphatic carbocycles. The molecule has 4 rings (SSSR count). The average molecular weight is 413 g/mol. The van der Waals surface area contributed by atoms with E-state index in [0.29, 0.717) is 18.4 Å². The van der Waals surface area contributed by atoms with Crippen molar-refractivity contribution in [3.8, 4) is 5.75 Å². The predicted octanol–water partition coefficient (Wildman–Crippen LogP) is 1.53. The van der Waals surface area contributed by atoms with Gasteiger partial charge in [0.1, 0.15) is 22.8 Å². The summed E-state index contributed by atoms with van der Waals surface area (Å²) in [4.78, 5) is 37.8. The standard InChI is InChI=1S/C22H23NO7/c1-2-3-9-4-5-13(24)16-12(9)7-10-6-11-8-14(25)17(21(23)29)20(28)22(11,30)19(27)15(10)18(16)26/h4-5,10-11,24-25,27,30H,2-3,6-8H2,1H3,(H2,23,29)/t10-,11+,22+/m1/s1. The number of nitrogens with two attached hydrogens (primary N) is 1. The zero-order valence-corrected chi connectivity index (χ0v) is 16.4. The van der Waals surface area contributed by atoms with E-state index in [4.69, 9.17) is 5.73 Å². The number of aromatic hydroxyl groups is 1. The van der Waals surface area contributed by atoms with Gasteiger partial charge in [-0.2, -0.15) is 0 Å². The number of phenols is 1. The van der Waals surface area contributed by atoms with Crippen molar-refractivity contribution < 1.29 is 34.8 Å². The van der Waals surface area contributed by atoms with E-state index >= 15 is 0 Å². The molecule has 158 valence electrons. The number of ketones is 2. The minimum absolute atomic E-state index is 0.0672. The molecule has 30 heavy (non-hydrogen) atoms. The number of amides is 1. The lowest BCUT2D eigenvalue weighted by Gasteiger charge is -2.45. The van der Waals surface area contributed by atoms with E-state index in [0.717, 1.165) is 12.0 Å². The highest BCUT2D eigenvalue weighted by Crippen LogP contribution is 2.51. The Balaban J connectivity index is 1.90. The summed E-state index contributed by atoms with van der Waals surface area (Å²) < 4.78 is 0. The van der Waals surface area contributed by atoms with E-state index in [9.17, 15) is 34.8 Å². The molecule has 8 nitrogen and oxygen atoms in total. The van der Waals surface area contributed by atoms with Crippen molar-refractivity contribution in [1.82, 2.24) is 0 Å². The molecule has 3 atom stereocenters. The molecule has 8 heteroatoms. The molecule has 0 aliphatic heterocycles. The van der Waals surface area contributed by atoms with E-state index in [1.807, 2.05) is 6.92 Å². The number of carbonyl (C=O) groups excluding carboxylic acids is 3. The van der Waals surface area contributed by atoms with Crippen LogP contribution in [-0.4, -0.2) is 43.5 Å². The second-order valence-corrected chi connectivity index (χ2v) is 8.26. The van der Waals surface area contributed by atoms with Crippen LogP contribution in [0.4, 0.5) is 0 Å². The number of fused-ring (bicyclic) bond motifs is 3. The minimum atomic E-state index is -2.52. The van der Waals surface area contributed by atoms with E-state index in [1.54, 1.807) is 6.07 Å². The summed E-state index contributed by atoms with van der Waals surface area (Å²) in [5.41, 5.74) is 3.45. The molecule has 0 saturated heterocycles. The number of phenolic OH excluding ortho intramolecular Hbond substituents is 1. The van der Waals surface area contributed by atoms with Crippen LogP contribution in [0, 0.1) is 11.8 Å². The summed E-state index contributed by atoms with van der Waals surface area (Å²) in [5.74, 6) is -6.06. The number of carbonyl (C=O) groups is 3. The SMILES string of the molecule is CCCc1ccc(O)c2c1C[C@H]1C[C@H]3CC(O)=C(C(N)=O)C(=O)[C@@]3(O)C(O)=C1C2=O. The van der Waals surface area contributed by atoms with Crippen LogP contribution in [-0.2, 0) is 22.4 Å². The van der Waals surface area contributed by atoms with Crippen LogP contribution in [0.3, 0.4) is 0 Å². The third-order valence-electron chi connectivity index (χ3n) is 6.56. The van der Waals surface area contributed by atoms with Crippen LogP contribution in [0.2, 0.25) is 0 Å². The summed E-state index contributed by atoms with van der Waals surface area (Å²) in [7, 11) is 0. The highest BCUT2D eigenvalue weighted by molar-refractivity contribution is 6.24. The normalized spacial score (nSPS) is 28.2. The highest BCUT2D eigenvalue weighted by atomic mass is 16.3. The number of benzene rings is 1. The summed E-state index contributed by atoms with van der Waals surface area (Å²) in [6, 6.07) is 3.20. The molecule has 6 N–H and O–H groups in total. The van der Waals surface area contributed by atoms with Crippen molar-refractivity contribution in [1.29, 1.82) is 0 Å². The molecule has 1 amide bonds. The van der Waals surface area contributed by atoms with Crippen molar-refractivity contribution in [3.63, 3.8) is 0 Å². The van der Waals surface area contributed by atoms with Gasteiger partial charge in [-0.15, -0.1) is 0 Å². The first-order chi connectivity index (χ1) is 14.1. The second-order valence-electron chi connectivity index (χ2n) is 8.26. The van der Waals surface area contributed by atoms with Crippen LogP contribution < -0.4 is 5.73 Å². The fraction of sp³-hybridized carbons (Fsp3) is 0.409. The molecular formula is C22H23NO7. The number of Topliss-reactive ketones (excluding diaryl/α,β-unsaturated/α-hetero) is 2. The molecular weight excluding hydrogens is 390 g/mol. The van der Waals surface area contributed by atoms with Gasteiger partial charge in [-0.25, -0.2) is 0 Å². The lowest BCUT2D eigenvalue weighted by atomic mass is 9.60. The molecule has 0 heterocycles. The van der Waals surface area contributed by atoms with E-state index < -0.39 is 52.0 Å². The van der Waals surface area contributed by atoms with Crippen LogP contribution in [0.15, 0.2) is 34.8 Å². The number of aliphatic hydroxyl groups excluding tert-OH is 2. The van der Waals surface area contributed by atoms with Crippen LogP contribution in [0.5, 0.6) is 5.75 Å². The van der Waals surface area contributed by atoms with Crippen LogP contribution in [0.25, 0.3) is 0 Å². The van der Waals surface area contributed by atoms with Gasteiger partial charge < -0.3 is 26.2 Å². The Morgan fingerprint density at radius 2 is 1.90 bits per heavy atom. The van der Waals surface area contributed by atoms with Crippen molar-refractivity contribution in [2.45, 2.75) is 44.6 Å². The second kappa shape index (κ2) is 6.70. The number of aliphatic hydroxyl groups is 3. The molecule has 1 aromatic rings. The Morgan fingerprint density at radius 1 is 1.20 bits per heavy atom. The number of hydrogen-bond acceptors (Lipinski definition) is 7. The summed E-state index contributed by atoms with van der Waals surface area (Å²) >= 11 is 0.